The van der Waals surface area contributed by atoms with E-state index >= 15 is 0 Å². The molecule has 0 N–H and O–H groups in total. The standard InChI is InChI=1S/C18H17FO3/c1-18(2,3)22-17(21)14-7-5-13(6-8-14)15-10-12(11-20)4-9-16(15)19/h4-11H,1-3H3. The van der Waals surface area contributed by atoms with Gasteiger partial charge in [0.15, 0.2) is 0 Å². The van der Waals surface area contributed by atoms with Gasteiger partial charge >= 0.3 is 5.97 Å². The second-order valence-corrected chi connectivity index (χ2v) is 5.94. The van der Waals surface area contributed by atoms with E-state index < -0.39 is 17.4 Å². The summed E-state index contributed by atoms with van der Waals surface area (Å²) in [6.45, 7) is 5.37. The number of hydrogen-bond acceptors (Lipinski definition) is 3. The van der Waals surface area contributed by atoms with E-state index in [9.17, 15) is 14.0 Å². The fourth-order valence-electron chi connectivity index (χ4n) is 1.96. The second-order valence-electron chi connectivity index (χ2n) is 5.94. The zero-order valence-corrected chi connectivity index (χ0v) is 12.7. The molecular weight excluding hydrogens is 283 g/mol. The summed E-state index contributed by atoms with van der Waals surface area (Å²) in [4.78, 5) is 22.7. The molecule has 2 aromatic rings. The van der Waals surface area contributed by atoms with E-state index in [4.69, 9.17) is 4.74 Å². The Morgan fingerprint density at radius 2 is 1.73 bits per heavy atom. The summed E-state index contributed by atoms with van der Waals surface area (Å²) in [6.07, 6.45) is 0.665. The topological polar surface area (TPSA) is 43.4 Å². The van der Waals surface area contributed by atoms with E-state index in [1.165, 1.54) is 18.2 Å². The van der Waals surface area contributed by atoms with Gasteiger partial charge in [0.25, 0.3) is 0 Å². The average molecular weight is 300 g/mol. The minimum Gasteiger partial charge on any atom is -0.456 e. The summed E-state index contributed by atoms with van der Waals surface area (Å²) in [7, 11) is 0. The molecule has 4 heteroatoms. The highest BCUT2D eigenvalue weighted by Gasteiger charge is 2.18. The van der Waals surface area contributed by atoms with E-state index in [0.29, 0.717) is 28.5 Å². The van der Waals surface area contributed by atoms with Gasteiger partial charge in [-0.3, -0.25) is 4.79 Å². The van der Waals surface area contributed by atoms with Crippen LogP contribution in [0.4, 0.5) is 4.39 Å². The summed E-state index contributed by atoms with van der Waals surface area (Å²) in [5.74, 6) is -0.850. The minimum atomic E-state index is -0.569. The third-order valence-corrected chi connectivity index (χ3v) is 2.96. The predicted octanol–water partition coefficient (Wildman–Crippen LogP) is 4.26. The van der Waals surface area contributed by atoms with Crippen LogP contribution < -0.4 is 0 Å². The summed E-state index contributed by atoms with van der Waals surface area (Å²) in [5.41, 5.74) is 1.13. The van der Waals surface area contributed by atoms with Crippen molar-refractivity contribution in [3.05, 3.63) is 59.4 Å². The SMILES string of the molecule is CC(C)(C)OC(=O)c1ccc(-c2cc(C=O)ccc2F)cc1. The van der Waals surface area contributed by atoms with Crippen LogP contribution >= 0.6 is 0 Å². The minimum absolute atomic E-state index is 0.320. The highest BCUT2D eigenvalue weighted by Crippen LogP contribution is 2.24. The first-order valence-corrected chi connectivity index (χ1v) is 6.89. The van der Waals surface area contributed by atoms with Crippen LogP contribution in [0.3, 0.4) is 0 Å². The Hall–Kier alpha value is -2.49. The maximum absolute atomic E-state index is 13.9. The summed E-state index contributed by atoms with van der Waals surface area (Å²) in [5, 5.41) is 0. The molecule has 0 aliphatic carbocycles. The van der Waals surface area contributed by atoms with Gasteiger partial charge in [0.1, 0.15) is 17.7 Å². The molecule has 22 heavy (non-hydrogen) atoms. The summed E-state index contributed by atoms with van der Waals surface area (Å²) in [6, 6.07) is 10.6. The van der Waals surface area contributed by atoms with Crippen LogP contribution in [0.2, 0.25) is 0 Å². The third-order valence-electron chi connectivity index (χ3n) is 2.96. The zero-order chi connectivity index (χ0) is 16.3. The maximum Gasteiger partial charge on any atom is 0.338 e. The molecule has 0 unspecified atom stereocenters. The van der Waals surface area contributed by atoms with Crippen molar-refractivity contribution in [2.45, 2.75) is 26.4 Å². The molecule has 0 bridgehead atoms. The highest BCUT2D eigenvalue weighted by molar-refractivity contribution is 5.90. The van der Waals surface area contributed by atoms with Crippen molar-refractivity contribution in [3.63, 3.8) is 0 Å². The van der Waals surface area contributed by atoms with Gasteiger partial charge in [-0.05, 0) is 56.7 Å². The van der Waals surface area contributed by atoms with Crippen molar-refractivity contribution < 1.29 is 18.7 Å². The van der Waals surface area contributed by atoms with Crippen LogP contribution in [0.5, 0.6) is 0 Å². The second kappa shape index (κ2) is 6.10. The van der Waals surface area contributed by atoms with Crippen LogP contribution in [0, 0.1) is 5.82 Å². The van der Waals surface area contributed by atoms with Crippen LogP contribution in [-0.2, 0) is 4.74 Å². The molecule has 0 spiro atoms. The lowest BCUT2D eigenvalue weighted by Crippen LogP contribution is -2.23. The van der Waals surface area contributed by atoms with Gasteiger partial charge in [0, 0.05) is 11.1 Å². The Morgan fingerprint density at radius 1 is 1.09 bits per heavy atom. The molecule has 2 rings (SSSR count). The lowest BCUT2D eigenvalue weighted by Gasteiger charge is -2.19. The van der Waals surface area contributed by atoms with Gasteiger partial charge in [0.05, 0.1) is 5.56 Å². The molecule has 0 aliphatic rings. The fourth-order valence-corrected chi connectivity index (χ4v) is 1.96. The normalized spacial score (nSPS) is 11.1. The first-order chi connectivity index (χ1) is 10.3. The molecule has 0 amide bonds. The molecule has 3 nitrogen and oxygen atoms in total. The smallest absolute Gasteiger partial charge is 0.338 e. The monoisotopic (exact) mass is 300 g/mol. The molecular formula is C18H17FO3. The number of hydrogen-bond donors (Lipinski definition) is 0. The van der Waals surface area contributed by atoms with Gasteiger partial charge in [-0.1, -0.05) is 12.1 Å². The molecule has 0 radical (unpaired) electrons. The summed E-state index contributed by atoms with van der Waals surface area (Å²) >= 11 is 0. The first-order valence-electron chi connectivity index (χ1n) is 6.89. The summed E-state index contributed by atoms with van der Waals surface area (Å²) < 4.78 is 19.1. The number of halogens is 1. The van der Waals surface area contributed by atoms with Crippen molar-refractivity contribution in [3.8, 4) is 11.1 Å². The van der Waals surface area contributed by atoms with Crippen LogP contribution in [0.15, 0.2) is 42.5 Å². The number of ether oxygens (including phenoxy) is 1. The largest absolute Gasteiger partial charge is 0.456 e. The van der Waals surface area contributed by atoms with E-state index in [-0.39, 0.29) is 0 Å². The zero-order valence-electron chi connectivity index (χ0n) is 12.7. The number of carbonyl (C=O) groups is 2. The first kappa shape index (κ1) is 15.9. The molecule has 0 aliphatic heterocycles. The fraction of sp³-hybridized carbons (Fsp3) is 0.222. The van der Waals surface area contributed by atoms with Gasteiger partial charge in [0.2, 0.25) is 0 Å². The van der Waals surface area contributed by atoms with Gasteiger partial charge in [-0.25, -0.2) is 9.18 Å². The van der Waals surface area contributed by atoms with E-state index in [1.54, 1.807) is 45.0 Å². The van der Waals surface area contributed by atoms with Crippen molar-refractivity contribution in [2.75, 3.05) is 0 Å². The molecule has 2 aromatic carbocycles. The Kier molecular flexibility index (Phi) is 4.40. The molecule has 0 saturated carbocycles. The van der Waals surface area contributed by atoms with Crippen molar-refractivity contribution in [1.82, 2.24) is 0 Å². The van der Waals surface area contributed by atoms with E-state index in [1.807, 2.05) is 0 Å². The van der Waals surface area contributed by atoms with Crippen molar-refractivity contribution in [2.24, 2.45) is 0 Å². The molecule has 0 heterocycles. The Labute approximate surface area is 128 Å². The highest BCUT2D eigenvalue weighted by atomic mass is 19.1. The van der Waals surface area contributed by atoms with Crippen molar-refractivity contribution in [1.29, 1.82) is 0 Å². The molecule has 114 valence electrons. The number of rotatable bonds is 3. The molecule has 0 atom stereocenters. The third kappa shape index (κ3) is 3.79. The molecule has 0 fully saturated rings. The Bertz CT molecular complexity index is 697. The number of aldehydes is 1. The molecule has 0 saturated heterocycles. The Morgan fingerprint density at radius 3 is 2.27 bits per heavy atom. The van der Waals surface area contributed by atoms with Gasteiger partial charge in [-0.2, -0.15) is 0 Å². The van der Waals surface area contributed by atoms with Crippen LogP contribution in [-0.4, -0.2) is 17.9 Å². The number of carbonyl (C=O) groups excluding carboxylic acids is 2. The lowest BCUT2D eigenvalue weighted by atomic mass is 10.0. The van der Waals surface area contributed by atoms with Crippen molar-refractivity contribution >= 4 is 12.3 Å². The number of esters is 1. The quantitative estimate of drug-likeness (QED) is 0.628. The maximum atomic E-state index is 13.9. The number of benzene rings is 2. The van der Waals surface area contributed by atoms with Gasteiger partial charge < -0.3 is 4.74 Å². The van der Waals surface area contributed by atoms with Crippen LogP contribution in [0.25, 0.3) is 11.1 Å². The van der Waals surface area contributed by atoms with E-state index in [0.717, 1.165) is 0 Å². The van der Waals surface area contributed by atoms with E-state index in [2.05, 4.69) is 0 Å². The Balaban J connectivity index is 2.29. The van der Waals surface area contributed by atoms with Crippen LogP contribution in [0.1, 0.15) is 41.5 Å². The average Bonchev–Trinajstić information content (AvgIpc) is 2.46. The van der Waals surface area contributed by atoms with Gasteiger partial charge in [-0.15, -0.1) is 0 Å². The predicted molar refractivity (Wildman–Crippen MR) is 82.4 cm³/mol. The molecule has 0 aromatic heterocycles. The lowest BCUT2D eigenvalue weighted by molar-refractivity contribution is 0.00695.